The zero-order chi connectivity index (χ0) is 7.71. The normalized spacial score (nSPS) is 10.2. The van der Waals surface area contributed by atoms with Gasteiger partial charge < -0.3 is 18.8 Å². The summed E-state index contributed by atoms with van der Waals surface area (Å²) in [5.41, 5.74) is 0. The molecule has 0 rings (SSSR count). The van der Waals surface area contributed by atoms with Gasteiger partial charge in [-0.05, 0) is 0 Å². The van der Waals surface area contributed by atoms with E-state index in [1.165, 1.54) is 0 Å². The minimum atomic E-state index is -5.13. The molecule has 0 amide bonds. The Hall–Kier alpha value is 3.25. The van der Waals surface area contributed by atoms with Crippen LogP contribution in [-0.2, 0) is 18.9 Å². The van der Waals surface area contributed by atoms with Crippen LogP contribution in [0.1, 0.15) is 2.85 Å². The molecule has 0 bridgehead atoms. The summed E-state index contributed by atoms with van der Waals surface area (Å²) < 4.78 is 39.0. The van der Waals surface area contributed by atoms with Crippen LogP contribution in [0.25, 0.3) is 0 Å². The van der Waals surface area contributed by atoms with Gasteiger partial charge >= 0.3 is 121 Å². The summed E-state index contributed by atoms with van der Waals surface area (Å²) in [6.45, 7) is 0. The first-order valence-electron chi connectivity index (χ1n) is 1.45. The Balaban J connectivity index is -0.0000000320. The number of rotatable bonds is 2. The summed E-state index contributed by atoms with van der Waals surface area (Å²) in [6.07, 6.45) is 0. The molecule has 0 heterocycles. The topological polar surface area (TPSA) is 156 Å². The van der Waals surface area contributed by atoms with Gasteiger partial charge in [0, 0.05) is 0 Å². The molecule has 68 valence electrons. The summed E-state index contributed by atoms with van der Waals surface area (Å²) in [5.74, 6) is 0. The van der Waals surface area contributed by atoms with Crippen LogP contribution in [0, 0.1) is 0 Å². The summed E-state index contributed by atoms with van der Waals surface area (Å²) >= 11 is 0. The Bertz CT molecular complexity index is 236. The standard InChI is InChI=1S/2K.H3N.H3O7PS.2H/c;;;1-8(2,3)7-9(4,5)6;;/h;;1H3;(H2,1,2,3)(H,4,5,6);;/q2*+1;;;2*-1. The molecule has 0 radical (unpaired) electrons. The monoisotopic (exact) mass is 275 g/mol. The van der Waals surface area contributed by atoms with Crippen molar-refractivity contribution < 1.29 is 137 Å². The van der Waals surface area contributed by atoms with E-state index in [0.29, 0.717) is 0 Å². The predicted octanol–water partition coefficient (Wildman–Crippen LogP) is -6.71. The number of hydrogen-bond acceptors (Lipinski definition) is 5. The number of phosphoric acid groups is 1. The molecule has 12 heavy (non-hydrogen) atoms. The van der Waals surface area contributed by atoms with Crippen molar-refractivity contribution in [3.8, 4) is 0 Å². The first-order valence-corrected chi connectivity index (χ1v) is 4.34. The van der Waals surface area contributed by atoms with Crippen molar-refractivity contribution in [1.29, 1.82) is 0 Å². The third kappa shape index (κ3) is 23.2. The second-order valence-electron chi connectivity index (χ2n) is 0.993. The summed E-state index contributed by atoms with van der Waals surface area (Å²) in [7, 11) is -10.2. The minimum absolute atomic E-state index is 0. The van der Waals surface area contributed by atoms with E-state index in [4.69, 9.17) is 14.3 Å². The van der Waals surface area contributed by atoms with Crippen LogP contribution in [0.4, 0.5) is 0 Å². The smallest absolute Gasteiger partial charge is 1.00 e. The molecule has 0 saturated carbocycles. The third-order valence-corrected chi connectivity index (χ3v) is 1.72. The molecule has 0 aliphatic rings. The fourth-order valence-corrected chi connectivity index (χ4v) is 1.10. The molecule has 8 nitrogen and oxygen atoms in total. The van der Waals surface area contributed by atoms with Gasteiger partial charge in [-0.15, -0.1) is 3.97 Å². The molecule has 0 aliphatic carbocycles. The molecule has 0 spiro atoms. The van der Waals surface area contributed by atoms with Crippen molar-refractivity contribution in [2.24, 2.45) is 0 Å². The molecule has 12 heteroatoms. The Morgan fingerprint density at radius 1 is 1.25 bits per heavy atom. The van der Waals surface area contributed by atoms with Crippen LogP contribution in [0.2, 0.25) is 0 Å². The second kappa shape index (κ2) is 9.48. The van der Waals surface area contributed by atoms with Crippen molar-refractivity contribution >= 4 is 18.2 Å². The van der Waals surface area contributed by atoms with E-state index in [-0.39, 0.29) is 112 Å². The van der Waals surface area contributed by atoms with Gasteiger partial charge in [0.05, 0.1) is 0 Å². The molecular formula is H8K2NO7PS. The maximum absolute atomic E-state index is 9.58. The van der Waals surface area contributed by atoms with E-state index < -0.39 is 18.2 Å². The zero-order valence-corrected chi connectivity index (χ0v) is 14.5. The van der Waals surface area contributed by atoms with E-state index in [1.807, 2.05) is 0 Å². The quantitative estimate of drug-likeness (QED) is 0.220. The van der Waals surface area contributed by atoms with E-state index in [9.17, 15) is 13.0 Å². The fraction of sp³-hybridized carbons (Fsp3) is 0. The first-order chi connectivity index (χ1) is 3.71. The van der Waals surface area contributed by atoms with E-state index in [1.54, 1.807) is 0 Å². The molecule has 0 aliphatic heterocycles. The molecular weight excluding hydrogens is 267 g/mol. The Morgan fingerprint density at radius 3 is 1.50 bits per heavy atom. The van der Waals surface area contributed by atoms with Gasteiger partial charge in [-0.3, -0.25) is 4.55 Å². The van der Waals surface area contributed by atoms with Gasteiger partial charge in [0.25, 0.3) is 0 Å². The van der Waals surface area contributed by atoms with Crippen molar-refractivity contribution in [2.75, 3.05) is 0 Å². The molecule has 0 aromatic rings. The maximum Gasteiger partial charge on any atom is 1.00 e. The van der Waals surface area contributed by atoms with Gasteiger partial charge in [0.1, 0.15) is 0 Å². The van der Waals surface area contributed by atoms with Crippen molar-refractivity contribution in [3.05, 3.63) is 0 Å². The number of hydrogen-bond donors (Lipinski definition) is 4. The van der Waals surface area contributed by atoms with Crippen molar-refractivity contribution in [3.63, 3.8) is 0 Å². The second-order valence-corrected chi connectivity index (χ2v) is 3.43. The first kappa shape index (κ1) is 24.5. The largest absolute Gasteiger partial charge is 1.00 e. The summed E-state index contributed by atoms with van der Waals surface area (Å²) in [5, 5.41) is 0. The van der Waals surface area contributed by atoms with Crippen LogP contribution in [-0.4, -0.2) is 22.8 Å². The molecule has 0 atom stereocenters. The molecule has 0 unspecified atom stereocenters. The van der Waals surface area contributed by atoms with Gasteiger partial charge in [-0.1, -0.05) is 0 Å². The molecule has 0 aromatic heterocycles. The van der Waals surface area contributed by atoms with Crippen LogP contribution in [0.3, 0.4) is 0 Å². The van der Waals surface area contributed by atoms with Crippen LogP contribution in [0.15, 0.2) is 0 Å². The maximum atomic E-state index is 9.58. The van der Waals surface area contributed by atoms with Gasteiger partial charge in [-0.25, -0.2) is 4.57 Å². The minimum Gasteiger partial charge on any atom is -1.00 e. The van der Waals surface area contributed by atoms with Gasteiger partial charge in [0.15, 0.2) is 0 Å². The summed E-state index contributed by atoms with van der Waals surface area (Å²) in [6, 6.07) is 0. The van der Waals surface area contributed by atoms with Crippen LogP contribution >= 0.6 is 7.82 Å². The van der Waals surface area contributed by atoms with Crippen molar-refractivity contribution in [1.82, 2.24) is 6.15 Å². The Morgan fingerprint density at radius 2 is 1.50 bits per heavy atom. The SMILES string of the molecule is N.O=P(O)(O)OS(=O)(=O)O.[H-].[H-].[K+].[K+]. The van der Waals surface area contributed by atoms with E-state index in [0.717, 1.165) is 0 Å². The third-order valence-electron chi connectivity index (χ3n) is 0.191. The molecule has 0 aromatic carbocycles. The van der Waals surface area contributed by atoms with Gasteiger partial charge in [0.2, 0.25) is 0 Å². The molecule has 0 saturated heterocycles. The Labute approximate surface area is 157 Å². The fourth-order valence-electron chi connectivity index (χ4n) is 0.123. The zero-order valence-electron chi connectivity index (χ0n) is 8.54. The molecule has 6 N–H and O–H groups in total. The summed E-state index contributed by atoms with van der Waals surface area (Å²) in [4.78, 5) is 15.4. The molecule has 0 fully saturated rings. The van der Waals surface area contributed by atoms with Gasteiger partial charge in [-0.2, -0.15) is 8.42 Å². The Kier molecular flexibility index (Phi) is 19.3. The average molecular weight is 275 g/mol. The van der Waals surface area contributed by atoms with Crippen molar-refractivity contribution in [2.45, 2.75) is 0 Å². The average Bonchev–Trinajstić information content (AvgIpc) is 1.14. The van der Waals surface area contributed by atoms with E-state index >= 15 is 0 Å². The van der Waals surface area contributed by atoms with E-state index in [2.05, 4.69) is 3.97 Å². The predicted molar refractivity (Wildman–Crippen MR) is 31.9 cm³/mol. The van der Waals surface area contributed by atoms with Crippen LogP contribution in [0.5, 0.6) is 0 Å². The van der Waals surface area contributed by atoms with Crippen LogP contribution < -0.4 is 109 Å².